The molecule has 0 amide bonds. The third-order valence-electron chi connectivity index (χ3n) is 4.37. The number of unbranched alkanes of at least 4 members (excludes halogenated alkanes) is 7. The van der Waals surface area contributed by atoms with Crippen LogP contribution in [0.2, 0.25) is 0 Å². The Morgan fingerprint density at radius 2 is 1.52 bits per heavy atom. The fourth-order valence-corrected chi connectivity index (χ4v) is 2.92. The van der Waals surface area contributed by atoms with Gasteiger partial charge >= 0.3 is 0 Å². The summed E-state index contributed by atoms with van der Waals surface area (Å²) in [7, 11) is 1.41. The zero-order chi connectivity index (χ0) is 17.1. The maximum absolute atomic E-state index is 10.0. The molecule has 0 spiro atoms. The van der Waals surface area contributed by atoms with Crippen LogP contribution in [0, 0.1) is 0 Å². The van der Waals surface area contributed by atoms with Gasteiger partial charge in [0.25, 0.3) is 0 Å². The van der Waals surface area contributed by atoms with Crippen LogP contribution < -0.4 is 0 Å². The third-order valence-corrected chi connectivity index (χ3v) is 4.37. The van der Waals surface area contributed by atoms with Crippen LogP contribution in [-0.2, 0) is 14.2 Å². The largest absolute Gasteiger partial charge is 0.394 e. The lowest BCUT2D eigenvalue weighted by atomic mass is 9.99. The lowest BCUT2D eigenvalue weighted by molar-refractivity contribution is -0.304. The molecule has 1 heterocycles. The Labute approximate surface area is 139 Å². The average molecular weight is 334 g/mol. The Morgan fingerprint density at radius 3 is 2.09 bits per heavy atom. The highest BCUT2D eigenvalue weighted by molar-refractivity contribution is 4.89. The highest BCUT2D eigenvalue weighted by Crippen LogP contribution is 2.24. The topological polar surface area (TPSA) is 88.4 Å². The van der Waals surface area contributed by atoms with Crippen LogP contribution in [0.4, 0.5) is 0 Å². The minimum atomic E-state index is -1.17. The van der Waals surface area contributed by atoms with E-state index in [4.69, 9.17) is 14.2 Å². The smallest absolute Gasteiger partial charge is 0.186 e. The van der Waals surface area contributed by atoms with E-state index in [1.54, 1.807) is 0 Å². The molecule has 1 aliphatic rings. The fourth-order valence-electron chi connectivity index (χ4n) is 2.92. The zero-order valence-corrected chi connectivity index (χ0v) is 14.5. The number of rotatable bonds is 12. The van der Waals surface area contributed by atoms with Gasteiger partial charge in [-0.05, 0) is 6.42 Å². The predicted octanol–water partition coefficient (Wildman–Crippen LogP) is 1.60. The number of methoxy groups -OCH3 is 1. The monoisotopic (exact) mass is 334 g/mol. The van der Waals surface area contributed by atoms with Crippen molar-refractivity contribution in [1.29, 1.82) is 0 Å². The van der Waals surface area contributed by atoms with Crippen molar-refractivity contribution in [3.8, 4) is 0 Å². The first-order chi connectivity index (χ1) is 11.2. The molecule has 1 aliphatic heterocycles. The van der Waals surface area contributed by atoms with Crippen molar-refractivity contribution in [2.75, 3.05) is 20.3 Å². The van der Waals surface area contributed by atoms with Crippen LogP contribution in [0.25, 0.3) is 0 Å². The average Bonchev–Trinajstić information content (AvgIpc) is 2.56. The number of ether oxygens (including phenoxy) is 3. The van der Waals surface area contributed by atoms with E-state index in [9.17, 15) is 15.3 Å². The Morgan fingerprint density at radius 1 is 0.913 bits per heavy atom. The van der Waals surface area contributed by atoms with E-state index in [1.165, 1.54) is 45.6 Å². The van der Waals surface area contributed by atoms with Crippen molar-refractivity contribution < 1.29 is 29.5 Å². The second-order valence-corrected chi connectivity index (χ2v) is 6.25. The van der Waals surface area contributed by atoms with E-state index >= 15 is 0 Å². The molecule has 0 unspecified atom stereocenters. The van der Waals surface area contributed by atoms with Gasteiger partial charge in [-0.2, -0.15) is 0 Å². The fraction of sp³-hybridized carbons (Fsp3) is 1.00. The molecule has 0 aromatic carbocycles. The molecular formula is C17H34O6. The zero-order valence-electron chi connectivity index (χ0n) is 14.5. The summed E-state index contributed by atoms with van der Waals surface area (Å²) in [5.74, 6) is 0. The molecule has 0 saturated carbocycles. The highest BCUT2D eigenvalue weighted by atomic mass is 16.7. The number of hydrogen-bond donors (Lipinski definition) is 3. The molecular weight excluding hydrogens is 300 g/mol. The summed E-state index contributed by atoms with van der Waals surface area (Å²) in [6.45, 7) is 2.39. The van der Waals surface area contributed by atoms with E-state index in [0.29, 0.717) is 6.61 Å². The van der Waals surface area contributed by atoms with Gasteiger partial charge in [0.15, 0.2) is 6.29 Å². The van der Waals surface area contributed by atoms with Crippen molar-refractivity contribution in [2.24, 2.45) is 0 Å². The summed E-state index contributed by atoms with van der Waals surface area (Å²) in [5, 5.41) is 29.3. The second kappa shape index (κ2) is 12.2. The minimum Gasteiger partial charge on any atom is -0.394 e. The van der Waals surface area contributed by atoms with E-state index in [1.807, 2.05) is 0 Å². The highest BCUT2D eigenvalue weighted by Gasteiger charge is 2.44. The predicted molar refractivity (Wildman–Crippen MR) is 87.1 cm³/mol. The van der Waals surface area contributed by atoms with E-state index in [-0.39, 0.29) is 6.61 Å². The molecule has 0 radical (unpaired) electrons. The summed E-state index contributed by atoms with van der Waals surface area (Å²) >= 11 is 0. The van der Waals surface area contributed by atoms with Gasteiger partial charge in [-0.3, -0.25) is 0 Å². The van der Waals surface area contributed by atoms with Crippen LogP contribution in [-0.4, -0.2) is 66.3 Å². The van der Waals surface area contributed by atoms with E-state index < -0.39 is 30.7 Å². The maximum Gasteiger partial charge on any atom is 0.186 e. The van der Waals surface area contributed by atoms with Gasteiger partial charge in [-0.1, -0.05) is 51.9 Å². The van der Waals surface area contributed by atoms with Crippen molar-refractivity contribution in [2.45, 2.75) is 89.0 Å². The van der Waals surface area contributed by atoms with E-state index in [2.05, 4.69) is 6.92 Å². The Bertz CT molecular complexity index is 286. The van der Waals surface area contributed by atoms with Gasteiger partial charge in [0.2, 0.25) is 0 Å². The van der Waals surface area contributed by atoms with Crippen molar-refractivity contribution >= 4 is 0 Å². The van der Waals surface area contributed by atoms with Gasteiger partial charge in [0.1, 0.15) is 24.4 Å². The van der Waals surface area contributed by atoms with Crippen LogP contribution >= 0.6 is 0 Å². The lowest BCUT2D eigenvalue weighted by Gasteiger charge is -2.41. The van der Waals surface area contributed by atoms with Gasteiger partial charge < -0.3 is 29.5 Å². The molecule has 1 fully saturated rings. The second-order valence-electron chi connectivity index (χ2n) is 6.25. The van der Waals surface area contributed by atoms with Gasteiger partial charge in [-0.15, -0.1) is 0 Å². The summed E-state index contributed by atoms with van der Waals surface area (Å²) in [4.78, 5) is 0. The van der Waals surface area contributed by atoms with Crippen LogP contribution in [0.15, 0.2) is 0 Å². The molecule has 3 N–H and O–H groups in total. The van der Waals surface area contributed by atoms with Crippen LogP contribution in [0.5, 0.6) is 0 Å². The van der Waals surface area contributed by atoms with Gasteiger partial charge in [0.05, 0.1) is 6.61 Å². The molecule has 6 heteroatoms. The first kappa shape index (κ1) is 20.8. The first-order valence-electron chi connectivity index (χ1n) is 8.92. The van der Waals surface area contributed by atoms with E-state index in [0.717, 1.165) is 12.8 Å². The molecule has 23 heavy (non-hydrogen) atoms. The molecule has 138 valence electrons. The van der Waals surface area contributed by atoms with Crippen molar-refractivity contribution in [1.82, 2.24) is 0 Å². The SMILES string of the molecule is CCCCCCCCCCO[C@@H]1O[C@H](CO)[C@@H](OC)[C@H](O)[C@H]1O. The Balaban J connectivity index is 2.16. The molecule has 1 saturated heterocycles. The van der Waals surface area contributed by atoms with Crippen LogP contribution in [0.3, 0.4) is 0 Å². The van der Waals surface area contributed by atoms with Crippen LogP contribution in [0.1, 0.15) is 58.3 Å². The molecule has 5 atom stereocenters. The lowest BCUT2D eigenvalue weighted by Crippen LogP contribution is -2.59. The first-order valence-corrected chi connectivity index (χ1v) is 8.92. The number of hydrogen-bond acceptors (Lipinski definition) is 6. The molecule has 0 aromatic rings. The standard InChI is InChI=1S/C17H34O6/c1-3-4-5-6-7-8-9-10-11-22-17-15(20)14(19)16(21-2)13(12-18)23-17/h13-20H,3-12H2,1-2H3/t13-,14-,15-,16-,17-/m1/s1. The van der Waals surface area contributed by atoms with Gasteiger partial charge in [-0.25, -0.2) is 0 Å². The summed E-state index contributed by atoms with van der Waals surface area (Å²) in [6.07, 6.45) is 4.95. The maximum atomic E-state index is 10.0. The minimum absolute atomic E-state index is 0.292. The molecule has 6 nitrogen and oxygen atoms in total. The molecule has 0 aliphatic carbocycles. The van der Waals surface area contributed by atoms with Gasteiger partial charge in [0, 0.05) is 13.7 Å². The molecule has 0 bridgehead atoms. The molecule has 1 rings (SSSR count). The normalized spacial score (nSPS) is 31.4. The summed E-state index contributed by atoms with van der Waals surface area (Å²) in [6, 6.07) is 0. The van der Waals surface area contributed by atoms with Crippen molar-refractivity contribution in [3.05, 3.63) is 0 Å². The van der Waals surface area contributed by atoms with Crippen molar-refractivity contribution in [3.63, 3.8) is 0 Å². The third kappa shape index (κ3) is 7.03. The summed E-state index contributed by atoms with van der Waals surface area (Å²) < 4.78 is 16.1. The number of aliphatic hydroxyl groups is 3. The quantitative estimate of drug-likeness (QED) is 0.470. The Hall–Kier alpha value is -0.240. The number of aliphatic hydroxyl groups excluding tert-OH is 3. The summed E-state index contributed by atoms with van der Waals surface area (Å²) in [5.41, 5.74) is 0. The Kier molecular flexibility index (Phi) is 11.0. The molecule has 0 aromatic heterocycles.